The molecule has 0 atom stereocenters. The summed E-state index contributed by atoms with van der Waals surface area (Å²) in [5.74, 6) is -4.64. The van der Waals surface area contributed by atoms with Crippen molar-refractivity contribution in [3.63, 3.8) is 0 Å². The van der Waals surface area contributed by atoms with Crippen LogP contribution in [0.25, 0.3) is 5.76 Å². The maximum atomic E-state index is 12.9. The van der Waals surface area contributed by atoms with Gasteiger partial charge in [0.1, 0.15) is 16.6 Å². The Balaban J connectivity index is 2.51. The summed E-state index contributed by atoms with van der Waals surface area (Å²) in [5.41, 5.74) is -0.274. The van der Waals surface area contributed by atoms with Gasteiger partial charge in [-0.3, -0.25) is 4.79 Å². The van der Waals surface area contributed by atoms with Crippen molar-refractivity contribution >= 4 is 27.3 Å². The summed E-state index contributed by atoms with van der Waals surface area (Å²) >= 11 is 0. The Morgan fingerprint density at radius 3 is 2.26 bits per heavy atom. The van der Waals surface area contributed by atoms with Crippen LogP contribution in [-0.4, -0.2) is 35.4 Å². The Bertz CT molecular complexity index is 896. The number of halogens is 1. The molecule has 0 unspecified atom stereocenters. The summed E-state index contributed by atoms with van der Waals surface area (Å²) in [6.45, 7) is 0. The summed E-state index contributed by atoms with van der Waals surface area (Å²) in [7, 11) is -4.13. The van der Waals surface area contributed by atoms with Crippen LogP contribution in [0.5, 0.6) is 0 Å². The molecule has 0 aliphatic carbocycles. The number of aromatic nitrogens is 1. The van der Waals surface area contributed by atoms with Gasteiger partial charge in [-0.1, -0.05) is 0 Å². The summed E-state index contributed by atoms with van der Waals surface area (Å²) < 4.78 is 37.8. The summed E-state index contributed by atoms with van der Waals surface area (Å²) in [6, 6.07) is 5.16. The van der Waals surface area contributed by atoms with Gasteiger partial charge < -0.3 is 15.2 Å². The van der Waals surface area contributed by atoms with Gasteiger partial charge in [-0.15, -0.1) is 0 Å². The van der Waals surface area contributed by atoms with Crippen LogP contribution in [0.1, 0.15) is 5.56 Å². The van der Waals surface area contributed by atoms with Gasteiger partial charge >= 0.3 is 5.97 Å². The molecule has 3 N–H and O–H groups in total. The zero-order chi connectivity index (χ0) is 17.2. The number of hydrogen-bond acceptors (Lipinski definition) is 5. The fraction of sp³-hybridized carbons (Fsp3) is 0. The van der Waals surface area contributed by atoms with Crippen LogP contribution in [0.4, 0.5) is 4.39 Å². The molecule has 0 fully saturated rings. The predicted molar refractivity (Wildman–Crippen MR) is 75.9 cm³/mol. The van der Waals surface area contributed by atoms with Gasteiger partial charge in [0, 0.05) is 12.3 Å². The van der Waals surface area contributed by atoms with Crippen LogP contribution in [0.2, 0.25) is 0 Å². The molecule has 0 bridgehead atoms. The Labute approximate surface area is 129 Å². The van der Waals surface area contributed by atoms with Crippen molar-refractivity contribution in [3.8, 4) is 0 Å². The first-order valence-corrected chi connectivity index (χ1v) is 7.58. The second-order valence-electron chi connectivity index (χ2n) is 4.38. The van der Waals surface area contributed by atoms with E-state index in [0.29, 0.717) is 6.08 Å². The molecular formula is C14H10FNO6S. The Morgan fingerprint density at radius 1 is 1.09 bits per heavy atom. The van der Waals surface area contributed by atoms with Crippen LogP contribution in [0, 0.1) is 5.82 Å². The molecule has 0 saturated heterocycles. The fourth-order valence-corrected chi connectivity index (χ4v) is 3.19. The van der Waals surface area contributed by atoms with Crippen LogP contribution >= 0.6 is 0 Å². The highest BCUT2D eigenvalue weighted by Gasteiger charge is 2.25. The van der Waals surface area contributed by atoms with Crippen LogP contribution in [0.3, 0.4) is 0 Å². The molecule has 1 aromatic heterocycles. The van der Waals surface area contributed by atoms with E-state index in [1.165, 1.54) is 6.20 Å². The number of hydrogen-bond donors (Lipinski definition) is 3. The molecule has 0 saturated carbocycles. The molecule has 7 nitrogen and oxygen atoms in total. The first-order valence-electron chi connectivity index (χ1n) is 6.10. The van der Waals surface area contributed by atoms with Gasteiger partial charge in [0.15, 0.2) is 0 Å². The number of benzene rings is 1. The highest BCUT2D eigenvalue weighted by atomic mass is 32.2. The number of aliphatic hydroxyl groups excluding tert-OH is 1. The van der Waals surface area contributed by atoms with Crippen LogP contribution in [-0.2, 0) is 19.4 Å². The number of sulfone groups is 1. The Hall–Kier alpha value is -2.94. The molecule has 0 aliphatic heterocycles. The number of H-pyrrole nitrogens is 1. The van der Waals surface area contributed by atoms with E-state index < -0.39 is 38.2 Å². The lowest BCUT2D eigenvalue weighted by Gasteiger charge is -2.06. The molecule has 9 heteroatoms. The van der Waals surface area contributed by atoms with Gasteiger partial charge in [-0.05, 0) is 30.3 Å². The second-order valence-corrected chi connectivity index (χ2v) is 6.26. The number of nitrogens with one attached hydrogen (secondary N) is 1. The number of ketones is 1. The maximum Gasteiger partial charge on any atom is 0.376 e. The van der Waals surface area contributed by atoms with Crippen molar-refractivity contribution < 1.29 is 32.6 Å². The maximum absolute atomic E-state index is 12.9. The van der Waals surface area contributed by atoms with Gasteiger partial charge in [0.2, 0.25) is 9.84 Å². The van der Waals surface area contributed by atoms with Crippen LogP contribution in [0.15, 0.2) is 52.5 Å². The monoisotopic (exact) mass is 339 g/mol. The molecule has 23 heavy (non-hydrogen) atoms. The smallest absolute Gasteiger partial charge is 0.376 e. The van der Waals surface area contributed by atoms with E-state index in [9.17, 15) is 27.5 Å². The third kappa shape index (κ3) is 3.29. The predicted octanol–water partition coefficient (Wildman–Crippen LogP) is 1.54. The zero-order valence-corrected chi connectivity index (χ0v) is 12.2. The second kappa shape index (κ2) is 6.05. The average molecular weight is 339 g/mol. The highest BCUT2D eigenvalue weighted by molar-refractivity contribution is 7.91. The van der Waals surface area contributed by atoms with Crippen molar-refractivity contribution in [1.82, 2.24) is 4.98 Å². The summed E-state index contributed by atoms with van der Waals surface area (Å²) in [5, 5.41) is 17.8. The van der Waals surface area contributed by atoms with Gasteiger partial charge in [-0.2, -0.15) is 0 Å². The topological polar surface area (TPSA) is 125 Å². The summed E-state index contributed by atoms with van der Waals surface area (Å²) in [4.78, 5) is 23.7. The molecule has 0 amide bonds. The molecule has 1 aromatic carbocycles. The van der Waals surface area contributed by atoms with E-state index in [-0.39, 0.29) is 10.5 Å². The summed E-state index contributed by atoms with van der Waals surface area (Å²) in [6.07, 6.45) is 1.59. The fourth-order valence-electron chi connectivity index (χ4n) is 1.77. The number of carboxylic acid groups (broad SMARTS) is 1. The molecule has 120 valence electrons. The Kier molecular flexibility index (Phi) is 4.32. The third-order valence-corrected chi connectivity index (χ3v) is 4.62. The Morgan fingerprint density at radius 2 is 1.70 bits per heavy atom. The van der Waals surface area contributed by atoms with E-state index in [0.717, 1.165) is 30.3 Å². The highest BCUT2D eigenvalue weighted by Crippen LogP contribution is 2.26. The number of rotatable bonds is 5. The van der Waals surface area contributed by atoms with Gasteiger partial charge in [0.25, 0.3) is 5.78 Å². The lowest BCUT2D eigenvalue weighted by atomic mass is 10.2. The number of aliphatic carboxylic acids is 1. The van der Waals surface area contributed by atoms with E-state index in [1.54, 1.807) is 0 Å². The van der Waals surface area contributed by atoms with Gasteiger partial charge in [0.05, 0.1) is 10.5 Å². The number of carboxylic acids is 1. The molecule has 1 heterocycles. The SMILES string of the molecule is O=C(O)C(=O)C=C(O)c1cc[nH]c1S(=O)(=O)c1ccc(F)cc1. The van der Waals surface area contributed by atoms with Gasteiger partial charge in [-0.25, -0.2) is 17.6 Å². The minimum absolute atomic E-state index is 0.236. The van der Waals surface area contributed by atoms with Crippen LogP contribution < -0.4 is 0 Å². The van der Waals surface area contributed by atoms with E-state index in [2.05, 4.69) is 4.98 Å². The normalized spacial score (nSPS) is 12.1. The molecule has 0 radical (unpaired) electrons. The average Bonchev–Trinajstić information content (AvgIpc) is 2.97. The third-order valence-electron chi connectivity index (χ3n) is 2.86. The lowest BCUT2D eigenvalue weighted by Crippen LogP contribution is -2.10. The molecule has 0 aliphatic rings. The minimum atomic E-state index is -4.13. The van der Waals surface area contributed by atoms with Crippen molar-refractivity contribution in [2.24, 2.45) is 0 Å². The largest absolute Gasteiger partial charge is 0.507 e. The van der Waals surface area contributed by atoms with Crippen molar-refractivity contribution in [2.75, 3.05) is 0 Å². The number of aromatic amines is 1. The first kappa shape index (κ1) is 16.4. The molecular weight excluding hydrogens is 329 g/mol. The standard InChI is InChI=1S/C14H10FNO6S/c15-8-1-3-9(4-2-8)23(21,22)13-10(5-6-16-13)11(17)7-12(18)14(19)20/h1-7,16-17H,(H,19,20). The van der Waals surface area contributed by atoms with E-state index in [1.807, 2.05) is 0 Å². The van der Waals surface area contributed by atoms with E-state index >= 15 is 0 Å². The van der Waals surface area contributed by atoms with Crippen molar-refractivity contribution in [3.05, 3.63) is 54.0 Å². The van der Waals surface area contributed by atoms with E-state index in [4.69, 9.17) is 5.11 Å². The number of aliphatic hydroxyl groups is 1. The number of carbonyl (C=O) groups excluding carboxylic acids is 1. The lowest BCUT2D eigenvalue weighted by molar-refractivity contribution is -0.146. The van der Waals surface area contributed by atoms with Crippen molar-refractivity contribution in [2.45, 2.75) is 9.92 Å². The zero-order valence-electron chi connectivity index (χ0n) is 11.4. The van der Waals surface area contributed by atoms with Crippen molar-refractivity contribution in [1.29, 1.82) is 0 Å². The minimum Gasteiger partial charge on any atom is -0.507 e. The molecule has 0 spiro atoms. The molecule has 2 rings (SSSR count). The quantitative estimate of drug-likeness (QED) is 0.328. The molecule has 2 aromatic rings. The number of carbonyl (C=O) groups is 2. The first-order chi connectivity index (χ1) is 10.7.